The molecule has 0 saturated carbocycles. The van der Waals surface area contributed by atoms with E-state index in [-0.39, 0.29) is 5.91 Å². The fourth-order valence-electron chi connectivity index (χ4n) is 2.94. The SMILES string of the molecule is Cc1ccc(Cn2nc(C)c(CC(=O)NCc3cccnc3)c2C)cc1. The highest BCUT2D eigenvalue weighted by molar-refractivity contribution is 5.79. The number of nitrogens with zero attached hydrogens (tertiary/aromatic N) is 3. The fourth-order valence-corrected chi connectivity index (χ4v) is 2.94. The highest BCUT2D eigenvalue weighted by Gasteiger charge is 2.15. The Morgan fingerprint density at radius 1 is 1.08 bits per heavy atom. The number of pyridine rings is 1. The molecule has 26 heavy (non-hydrogen) atoms. The maximum absolute atomic E-state index is 12.3. The van der Waals surface area contributed by atoms with Gasteiger partial charge in [-0.15, -0.1) is 0 Å². The third kappa shape index (κ3) is 4.36. The molecule has 0 aliphatic rings. The zero-order valence-corrected chi connectivity index (χ0v) is 15.5. The van der Waals surface area contributed by atoms with Gasteiger partial charge in [0, 0.05) is 30.2 Å². The van der Waals surface area contributed by atoms with Gasteiger partial charge in [0.05, 0.1) is 18.7 Å². The van der Waals surface area contributed by atoms with E-state index in [4.69, 9.17) is 0 Å². The standard InChI is InChI=1S/C21H24N4O/c1-15-6-8-18(9-7-15)14-25-17(3)20(16(2)24-25)11-21(26)23-13-19-5-4-10-22-12-19/h4-10,12H,11,13-14H2,1-3H3,(H,23,26). The number of nitrogens with one attached hydrogen (secondary N) is 1. The Balaban J connectivity index is 1.65. The monoisotopic (exact) mass is 348 g/mol. The number of aromatic nitrogens is 3. The molecule has 3 rings (SSSR count). The van der Waals surface area contributed by atoms with E-state index in [9.17, 15) is 4.79 Å². The Morgan fingerprint density at radius 2 is 1.85 bits per heavy atom. The molecule has 0 atom stereocenters. The Bertz CT molecular complexity index is 882. The molecule has 0 unspecified atom stereocenters. The van der Waals surface area contributed by atoms with Crippen molar-refractivity contribution in [3.05, 3.63) is 82.4 Å². The number of amides is 1. The van der Waals surface area contributed by atoms with Crippen LogP contribution in [-0.4, -0.2) is 20.7 Å². The molecule has 0 bridgehead atoms. The van der Waals surface area contributed by atoms with Crippen LogP contribution in [0.4, 0.5) is 0 Å². The molecule has 3 aromatic rings. The third-order valence-electron chi connectivity index (χ3n) is 4.53. The van der Waals surface area contributed by atoms with Gasteiger partial charge in [0.1, 0.15) is 0 Å². The number of rotatable bonds is 6. The van der Waals surface area contributed by atoms with Gasteiger partial charge >= 0.3 is 0 Å². The third-order valence-corrected chi connectivity index (χ3v) is 4.53. The van der Waals surface area contributed by atoms with Crippen LogP contribution >= 0.6 is 0 Å². The lowest BCUT2D eigenvalue weighted by atomic mass is 10.1. The molecule has 0 spiro atoms. The second-order valence-electron chi connectivity index (χ2n) is 6.61. The minimum absolute atomic E-state index is 0.00469. The lowest BCUT2D eigenvalue weighted by Crippen LogP contribution is -2.25. The summed E-state index contributed by atoms with van der Waals surface area (Å²) >= 11 is 0. The molecular weight excluding hydrogens is 324 g/mol. The largest absolute Gasteiger partial charge is 0.352 e. The number of carbonyl (C=O) groups is 1. The molecule has 2 heterocycles. The van der Waals surface area contributed by atoms with Crippen LogP contribution in [0.3, 0.4) is 0 Å². The highest BCUT2D eigenvalue weighted by Crippen LogP contribution is 2.16. The molecule has 1 aromatic carbocycles. The molecule has 134 valence electrons. The first-order valence-electron chi connectivity index (χ1n) is 8.77. The molecule has 0 radical (unpaired) electrons. The molecule has 0 aliphatic heterocycles. The van der Waals surface area contributed by atoms with E-state index in [0.717, 1.165) is 22.5 Å². The summed E-state index contributed by atoms with van der Waals surface area (Å²) in [5.41, 5.74) is 6.39. The molecule has 2 aromatic heterocycles. The lowest BCUT2D eigenvalue weighted by Gasteiger charge is -2.07. The molecule has 1 N–H and O–H groups in total. The van der Waals surface area contributed by atoms with Crippen LogP contribution in [0.1, 0.15) is 33.6 Å². The summed E-state index contributed by atoms with van der Waals surface area (Å²) in [4.78, 5) is 16.4. The van der Waals surface area contributed by atoms with Crippen LogP contribution in [-0.2, 0) is 24.3 Å². The average molecular weight is 348 g/mol. The van der Waals surface area contributed by atoms with Gasteiger partial charge in [-0.25, -0.2) is 0 Å². The van der Waals surface area contributed by atoms with E-state index in [1.54, 1.807) is 12.4 Å². The quantitative estimate of drug-likeness (QED) is 0.745. The molecule has 0 aliphatic carbocycles. The van der Waals surface area contributed by atoms with Crippen LogP contribution in [0, 0.1) is 20.8 Å². The summed E-state index contributed by atoms with van der Waals surface area (Å²) in [6.07, 6.45) is 3.82. The molecule has 0 fully saturated rings. The first-order chi connectivity index (χ1) is 12.5. The van der Waals surface area contributed by atoms with E-state index in [1.807, 2.05) is 30.7 Å². The van der Waals surface area contributed by atoms with Crippen molar-refractivity contribution in [2.24, 2.45) is 0 Å². The van der Waals surface area contributed by atoms with Crippen molar-refractivity contribution < 1.29 is 4.79 Å². The highest BCUT2D eigenvalue weighted by atomic mass is 16.1. The van der Waals surface area contributed by atoms with Crippen LogP contribution < -0.4 is 5.32 Å². The second kappa shape index (κ2) is 7.95. The molecule has 0 saturated heterocycles. The maximum Gasteiger partial charge on any atom is 0.224 e. The van der Waals surface area contributed by atoms with Gasteiger partial charge < -0.3 is 5.32 Å². The van der Waals surface area contributed by atoms with Crippen molar-refractivity contribution in [3.63, 3.8) is 0 Å². The van der Waals surface area contributed by atoms with Crippen molar-refractivity contribution in [1.29, 1.82) is 0 Å². The summed E-state index contributed by atoms with van der Waals surface area (Å²) in [7, 11) is 0. The second-order valence-corrected chi connectivity index (χ2v) is 6.61. The molecule has 5 heteroatoms. The normalized spacial score (nSPS) is 10.7. The van der Waals surface area contributed by atoms with Gasteiger partial charge in [-0.3, -0.25) is 14.5 Å². The minimum Gasteiger partial charge on any atom is -0.352 e. The van der Waals surface area contributed by atoms with Gasteiger partial charge in [-0.05, 0) is 38.0 Å². The number of aryl methyl sites for hydroxylation is 2. The molecular formula is C21H24N4O. The summed E-state index contributed by atoms with van der Waals surface area (Å²) in [6.45, 7) is 7.27. The average Bonchev–Trinajstić information content (AvgIpc) is 2.90. The topological polar surface area (TPSA) is 59.8 Å². The van der Waals surface area contributed by atoms with Gasteiger partial charge in [0.15, 0.2) is 0 Å². The lowest BCUT2D eigenvalue weighted by molar-refractivity contribution is -0.120. The van der Waals surface area contributed by atoms with Gasteiger partial charge in [-0.1, -0.05) is 35.9 Å². The number of hydrogen-bond acceptors (Lipinski definition) is 3. The van der Waals surface area contributed by atoms with Crippen LogP contribution in [0.15, 0.2) is 48.8 Å². The zero-order valence-electron chi connectivity index (χ0n) is 15.5. The van der Waals surface area contributed by atoms with Crippen molar-refractivity contribution >= 4 is 5.91 Å². The van der Waals surface area contributed by atoms with Crippen molar-refractivity contribution in [1.82, 2.24) is 20.1 Å². The van der Waals surface area contributed by atoms with Crippen LogP contribution in [0.2, 0.25) is 0 Å². The summed E-state index contributed by atoms with van der Waals surface area (Å²) in [5, 5.41) is 7.58. The molecule has 1 amide bonds. The van der Waals surface area contributed by atoms with Crippen molar-refractivity contribution in [2.75, 3.05) is 0 Å². The van der Waals surface area contributed by atoms with E-state index in [0.29, 0.717) is 19.5 Å². The van der Waals surface area contributed by atoms with Crippen molar-refractivity contribution in [3.8, 4) is 0 Å². The zero-order chi connectivity index (χ0) is 18.5. The number of carbonyl (C=O) groups excluding carboxylic acids is 1. The van der Waals surface area contributed by atoms with Gasteiger partial charge in [0.25, 0.3) is 0 Å². The summed E-state index contributed by atoms with van der Waals surface area (Å²) < 4.78 is 1.98. The first-order valence-corrected chi connectivity index (χ1v) is 8.77. The predicted molar refractivity (Wildman–Crippen MR) is 102 cm³/mol. The number of benzene rings is 1. The Morgan fingerprint density at radius 3 is 2.54 bits per heavy atom. The predicted octanol–water partition coefficient (Wildman–Crippen LogP) is 3.11. The van der Waals surface area contributed by atoms with E-state index in [1.165, 1.54) is 11.1 Å². The smallest absolute Gasteiger partial charge is 0.224 e. The van der Waals surface area contributed by atoms with Gasteiger partial charge in [-0.2, -0.15) is 5.10 Å². The minimum atomic E-state index is -0.00469. The summed E-state index contributed by atoms with van der Waals surface area (Å²) in [6, 6.07) is 12.3. The summed E-state index contributed by atoms with van der Waals surface area (Å²) in [5.74, 6) is -0.00469. The van der Waals surface area contributed by atoms with Crippen LogP contribution in [0.5, 0.6) is 0 Å². The number of hydrogen-bond donors (Lipinski definition) is 1. The Labute approximate surface area is 154 Å². The van der Waals surface area contributed by atoms with E-state index >= 15 is 0 Å². The Hall–Kier alpha value is -2.95. The first kappa shape index (κ1) is 17.9. The fraction of sp³-hybridized carbons (Fsp3) is 0.286. The van der Waals surface area contributed by atoms with Crippen LogP contribution in [0.25, 0.3) is 0 Å². The van der Waals surface area contributed by atoms with Gasteiger partial charge in [0.2, 0.25) is 5.91 Å². The maximum atomic E-state index is 12.3. The molecule has 5 nitrogen and oxygen atoms in total. The van der Waals surface area contributed by atoms with Crippen molar-refractivity contribution in [2.45, 2.75) is 40.3 Å². The Kier molecular flexibility index (Phi) is 5.46. The van der Waals surface area contributed by atoms with E-state index < -0.39 is 0 Å². The van der Waals surface area contributed by atoms with E-state index in [2.05, 4.69) is 46.6 Å².